The van der Waals surface area contributed by atoms with E-state index in [2.05, 4.69) is 10.9 Å². The average Bonchev–Trinajstić information content (AvgIpc) is 2.49. The van der Waals surface area contributed by atoms with E-state index in [0.717, 1.165) is 0 Å². The number of rotatable bonds is 9. The van der Waals surface area contributed by atoms with E-state index >= 15 is 0 Å². The highest BCUT2D eigenvalue weighted by molar-refractivity contribution is 5.77. The molecule has 2 unspecified atom stereocenters. The molecule has 6 N–H and O–H groups in total. The molecule has 0 aromatic rings. The van der Waals surface area contributed by atoms with Gasteiger partial charge in [-0.05, 0) is 20.5 Å². The van der Waals surface area contributed by atoms with Crippen molar-refractivity contribution in [3.05, 3.63) is 0 Å². The predicted molar refractivity (Wildman–Crippen MR) is 79.0 cm³/mol. The lowest BCUT2D eigenvalue weighted by Crippen LogP contribution is -2.59. The molecule has 1 rings (SSSR count). The van der Waals surface area contributed by atoms with Gasteiger partial charge in [-0.25, -0.2) is 5.43 Å². The van der Waals surface area contributed by atoms with Gasteiger partial charge in [0.05, 0.1) is 19.8 Å². The summed E-state index contributed by atoms with van der Waals surface area (Å²) in [4.78, 5) is 13.1. The maximum atomic E-state index is 11.3. The van der Waals surface area contributed by atoms with Crippen molar-refractivity contribution in [2.24, 2.45) is 0 Å². The van der Waals surface area contributed by atoms with Crippen molar-refractivity contribution in [1.82, 2.24) is 15.8 Å². The van der Waals surface area contributed by atoms with Crippen LogP contribution in [0.15, 0.2) is 0 Å². The van der Waals surface area contributed by atoms with Crippen molar-refractivity contribution in [1.29, 1.82) is 0 Å². The lowest BCUT2D eigenvalue weighted by molar-refractivity contribution is -0.301. The SMILES string of the molecule is CN(C)CC(=O)NNCCCO[C@H]1OC(CO)[C@H](O)C(O)[C@@H]1O. The summed E-state index contributed by atoms with van der Waals surface area (Å²) in [5, 5.41) is 38.0. The summed E-state index contributed by atoms with van der Waals surface area (Å²) in [5.74, 6) is -0.162. The van der Waals surface area contributed by atoms with Crippen LogP contribution in [-0.4, -0.2) is 102 Å². The number of likely N-dealkylation sites (N-methyl/N-ethyl adjacent to an activating group) is 1. The molecule has 1 aliphatic heterocycles. The second kappa shape index (κ2) is 10.1. The number of hydrogen-bond donors (Lipinski definition) is 6. The van der Waals surface area contributed by atoms with Crippen LogP contribution in [0, 0.1) is 0 Å². The van der Waals surface area contributed by atoms with Crippen LogP contribution in [0.3, 0.4) is 0 Å². The van der Waals surface area contributed by atoms with E-state index in [1.54, 1.807) is 19.0 Å². The Morgan fingerprint density at radius 1 is 1.22 bits per heavy atom. The second-order valence-corrected chi connectivity index (χ2v) is 5.63. The summed E-state index contributed by atoms with van der Waals surface area (Å²) in [5.41, 5.74) is 5.25. The van der Waals surface area contributed by atoms with Crippen LogP contribution in [0.5, 0.6) is 0 Å². The molecule has 1 saturated heterocycles. The van der Waals surface area contributed by atoms with Crippen molar-refractivity contribution < 1.29 is 34.7 Å². The fourth-order valence-corrected chi connectivity index (χ4v) is 2.05. The summed E-state index contributed by atoms with van der Waals surface area (Å²) in [6.45, 7) is 0.411. The Morgan fingerprint density at radius 2 is 1.91 bits per heavy atom. The first-order chi connectivity index (χ1) is 10.9. The highest BCUT2D eigenvalue weighted by Crippen LogP contribution is 2.21. The van der Waals surface area contributed by atoms with Crippen LogP contribution in [0.25, 0.3) is 0 Å². The topological polar surface area (TPSA) is 144 Å². The molecule has 1 heterocycles. The number of amides is 1. The summed E-state index contributed by atoms with van der Waals surface area (Å²) < 4.78 is 10.5. The Balaban J connectivity index is 2.18. The quantitative estimate of drug-likeness (QED) is 0.185. The summed E-state index contributed by atoms with van der Waals surface area (Å²) in [6.07, 6.45) is -5.86. The van der Waals surface area contributed by atoms with Crippen LogP contribution in [0.1, 0.15) is 6.42 Å². The molecule has 5 atom stereocenters. The van der Waals surface area contributed by atoms with Gasteiger partial charge >= 0.3 is 0 Å². The van der Waals surface area contributed by atoms with Gasteiger partial charge in [0.25, 0.3) is 0 Å². The third-order valence-electron chi connectivity index (χ3n) is 3.26. The molecule has 0 spiro atoms. The number of aliphatic hydroxyl groups is 4. The average molecular weight is 337 g/mol. The Kier molecular flexibility index (Phi) is 8.87. The van der Waals surface area contributed by atoms with Crippen molar-refractivity contribution in [3.8, 4) is 0 Å². The van der Waals surface area contributed by atoms with E-state index < -0.39 is 37.3 Å². The van der Waals surface area contributed by atoms with E-state index in [-0.39, 0.29) is 19.1 Å². The van der Waals surface area contributed by atoms with Crippen molar-refractivity contribution in [2.75, 3.05) is 40.4 Å². The number of carbonyl (C=O) groups is 1. The van der Waals surface area contributed by atoms with E-state index in [0.29, 0.717) is 13.0 Å². The minimum atomic E-state index is -1.45. The van der Waals surface area contributed by atoms with E-state index in [4.69, 9.17) is 14.6 Å². The molecular formula is C13H27N3O7. The number of hydrazine groups is 1. The van der Waals surface area contributed by atoms with Crippen LogP contribution in [0.2, 0.25) is 0 Å². The van der Waals surface area contributed by atoms with Gasteiger partial charge in [-0.15, -0.1) is 0 Å². The molecule has 0 bridgehead atoms. The van der Waals surface area contributed by atoms with Gasteiger partial charge in [0, 0.05) is 6.54 Å². The zero-order chi connectivity index (χ0) is 17.4. The van der Waals surface area contributed by atoms with E-state index in [1.165, 1.54) is 0 Å². The summed E-state index contributed by atoms with van der Waals surface area (Å²) >= 11 is 0. The van der Waals surface area contributed by atoms with Gasteiger partial charge in [-0.3, -0.25) is 10.2 Å². The number of ether oxygens (including phenoxy) is 2. The minimum absolute atomic E-state index is 0.162. The third kappa shape index (κ3) is 6.65. The van der Waals surface area contributed by atoms with Crippen LogP contribution in [-0.2, 0) is 14.3 Å². The molecule has 0 aromatic carbocycles. The summed E-state index contributed by atoms with van der Waals surface area (Å²) in [6, 6.07) is 0. The molecule has 1 aliphatic rings. The highest BCUT2D eigenvalue weighted by atomic mass is 16.7. The Labute approximate surface area is 135 Å². The molecule has 0 aromatic heterocycles. The zero-order valence-corrected chi connectivity index (χ0v) is 13.4. The third-order valence-corrected chi connectivity index (χ3v) is 3.26. The number of nitrogens with zero attached hydrogens (tertiary/aromatic N) is 1. The molecule has 0 radical (unpaired) electrons. The smallest absolute Gasteiger partial charge is 0.248 e. The molecule has 1 amide bonds. The predicted octanol–water partition coefficient (Wildman–Crippen LogP) is -3.62. The first-order valence-corrected chi connectivity index (χ1v) is 7.45. The van der Waals surface area contributed by atoms with Gasteiger partial charge in [-0.1, -0.05) is 0 Å². The number of aliphatic hydroxyl groups excluding tert-OH is 4. The molecule has 1 fully saturated rings. The Bertz CT molecular complexity index is 356. The van der Waals surface area contributed by atoms with E-state index in [9.17, 15) is 20.1 Å². The molecule has 0 saturated carbocycles. The maximum Gasteiger partial charge on any atom is 0.248 e. The molecule has 10 heteroatoms. The molecule has 23 heavy (non-hydrogen) atoms. The molecule has 136 valence electrons. The van der Waals surface area contributed by atoms with Crippen LogP contribution in [0.4, 0.5) is 0 Å². The van der Waals surface area contributed by atoms with Gasteiger partial charge in [-0.2, -0.15) is 0 Å². The van der Waals surface area contributed by atoms with Crippen molar-refractivity contribution >= 4 is 5.91 Å². The van der Waals surface area contributed by atoms with Crippen molar-refractivity contribution in [2.45, 2.75) is 37.1 Å². The van der Waals surface area contributed by atoms with Crippen molar-refractivity contribution in [3.63, 3.8) is 0 Å². The largest absolute Gasteiger partial charge is 0.394 e. The number of nitrogens with one attached hydrogen (secondary N) is 2. The second-order valence-electron chi connectivity index (χ2n) is 5.63. The number of carbonyl (C=O) groups excluding carboxylic acids is 1. The minimum Gasteiger partial charge on any atom is -0.394 e. The number of hydrogen-bond acceptors (Lipinski definition) is 9. The monoisotopic (exact) mass is 337 g/mol. The van der Waals surface area contributed by atoms with Gasteiger partial charge in [0.15, 0.2) is 6.29 Å². The Hall–Kier alpha value is -0.850. The maximum absolute atomic E-state index is 11.3. The standard InChI is InChI=1S/C13H27N3O7/c1-16(2)6-9(18)15-14-4-3-5-22-13-12(21)11(20)10(19)8(7-17)23-13/h8,10-14,17,19-21H,3-7H2,1-2H3,(H,15,18)/t8?,10-,11?,12-,13-/m0/s1. The fraction of sp³-hybridized carbons (Fsp3) is 0.923. The lowest BCUT2D eigenvalue weighted by Gasteiger charge is -2.39. The van der Waals surface area contributed by atoms with E-state index in [1.807, 2.05) is 0 Å². The molecular weight excluding hydrogens is 310 g/mol. The fourth-order valence-electron chi connectivity index (χ4n) is 2.05. The van der Waals surface area contributed by atoms with Gasteiger partial charge in [0.2, 0.25) is 5.91 Å². The van der Waals surface area contributed by atoms with Gasteiger partial charge in [0.1, 0.15) is 24.4 Å². The van der Waals surface area contributed by atoms with Gasteiger partial charge < -0.3 is 34.8 Å². The first-order valence-electron chi connectivity index (χ1n) is 7.45. The lowest BCUT2D eigenvalue weighted by atomic mass is 9.99. The Morgan fingerprint density at radius 3 is 2.52 bits per heavy atom. The van der Waals surface area contributed by atoms with Crippen LogP contribution < -0.4 is 10.9 Å². The van der Waals surface area contributed by atoms with Crippen LogP contribution >= 0.6 is 0 Å². The zero-order valence-electron chi connectivity index (χ0n) is 13.4. The first kappa shape index (κ1) is 20.2. The highest BCUT2D eigenvalue weighted by Gasteiger charge is 2.43. The normalized spacial score (nSPS) is 31.3. The summed E-state index contributed by atoms with van der Waals surface area (Å²) in [7, 11) is 3.57. The molecule has 10 nitrogen and oxygen atoms in total. The molecule has 0 aliphatic carbocycles.